The van der Waals surface area contributed by atoms with Crippen LogP contribution in [0.2, 0.25) is 5.02 Å². The fourth-order valence-corrected chi connectivity index (χ4v) is 6.15. The molecule has 1 N–H and O–H groups in total. The summed E-state index contributed by atoms with van der Waals surface area (Å²) in [4.78, 5) is 13.9. The maximum absolute atomic E-state index is 14.0. The van der Waals surface area contributed by atoms with E-state index < -0.39 is 10.0 Å². The first kappa shape index (κ1) is 29.2. The molecule has 0 saturated heterocycles. The van der Waals surface area contributed by atoms with E-state index in [0.29, 0.717) is 11.4 Å². The first-order chi connectivity index (χ1) is 19.1. The molecule has 0 aliphatic heterocycles. The molecule has 0 bridgehead atoms. The summed E-state index contributed by atoms with van der Waals surface area (Å²) in [5, 5.41) is 3.66. The van der Waals surface area contributed by atoms with Crippen LogP contribution in [0, 0.1) is 13.8 Å². The summed E-state index contributed by atoms with van der Waals surface area (Å²) in [7, 11) is -2.40. The molecule has 208 valence electrons. The molecule has 4 aromatic rings. The van der Waals surface area contributed by atoms with Crippen molar-refractivity contribution in [2.45, 2.75) is 44.7 Å². The fraction of sp³-hybridized carbons (Fsp3) is 0.219. The van der Waals surface area contributed by atoms with E-state index in [-0.39, 0.29) is 34.6 Å². The molecule has 0 aliphatic rings. The van der Waals surface area contributed by atoms with E-state index in [1.54, 1.807) is 79.9 Å². The van der Waals surface area contributed by atoms with Crippen LogP contribution in [0.15, 0.2) is 95.9 Å². The lowest BCUT2D eigenvalue weighted by Crippen LogP contribution is -2.34. The highest BCUT2D eigenvalue weighted by atomic mass is 35.5. The first-order valence-corrected chi connectivity index (χ1v) is 14.8. The topological polar surface area (TPSA) is 75.7 Å². The van der Waals surface area contributed by atoms with Crippen molar-refractivity contribution < 1.29 is 17.9 Å². The normalized spacial score (nSPS) is 12.0. The Labute approximate surface area is 241 Å². The number of hydrogen-bond donors (Lipinski definition) is 1. The number of rotatable bonds is 10. The zero-order valence-corrected chi connectivity index (χ0v) is 24.6. The number of carbonyl (C=O) groups is 1. The number of benzene rings is 4. The number of carbonyl (C=O) groups excluding carboxylic acids is 1. The number of amides is 1. The van der Waals surface area contributed by atoms with Crippen molar-refractivity contribution in [3.63, 3.8) is 0 Å². The van der Waals surface area contributed by atoms with Crippen LogP contribution in [0.4, 0.5) is 5.69 Å². The molecule has 4 aromatic carbocycles. The Morgan fingerprint density at radius 3 is 2.25 bits per heavy atom. The van der Waals surface area contributed by atoms with E-state index in [1.807, 2.05) is 39.0 Å². The minimum atomic E-state index is -4.03. The van der Waals surface area contributed by atoms with Crippen molar-refractivity contribution in [1.82, 2.24) is 5.32 Å². The van der Waals surface area contributed by atoms with Gasteiger partial charge in [-0.3, -0.25) is 9.10 Å². The Morgan fingerprint density at radius 1 is 0.950 bits per heavy atom. The monoisotopic (exact) mass is 576 g/mol. The Kier molecular flexibility index (Phi) is 9.17. The minimum Gasteiger partial charge on any atom is -0.496 e. The summed E-state index contributed by atoms with van der Waals surface area (Å²) < 4.78 is 34.8. The minimum absolute atomic E-state index is 0.0204. The molecule has 1 atom stereocenters. The molecule has 40 heavy (non-hydrogen) atoms. The second-order valence-electron chi connectivity index (χ2n) is 9.63. The van der Waals surface area contributed by atoms with Gasteiger partial charge in [0.25, 0.3) is 15.9 Å². The molecular formula is C32H33ClN2O4S. The standard InChI is InChI=1S/C32H33ClN2O4S/c1-5-29(25-14-19-31(39-4)23(3)20-25)34-32(36)28-8-6-7-9-30(28)35(21-24-12-15-26(33)16-13-24)40(37,38)27-17-10-22(2)11-18-27/h6-20,29H,5,21H2,1-4H3,(H,34,36)/t29-/m0/s1. The number of nitrogens with zero attached hydrogens (tertiary/aromatic N) is 1. The van der Waals surface area contributed by atoms with Crippen LogP contribution in [-0.4, -0.2) is 21.4 Å². The molecule has 0 aromatic heterocycles. The Hall–Kier alpha value is -3.81. The molecule has 0 aliphatic carbocycles. The van der Waals surface area contributed by atoms with Crippen molar-refractivity contribution in [2.75, 3.05) is 11.4 Å². The Morgan fingerprint density at radius 2 is 1.62 bits per heavy atom. The van der Waals surface area contributed by atoms with E-state index in [2.05, 4.69) is 5.32 Å². The number of anilines is 1. The van der Waals surface area contributed by atoms with Crippen molar-refractivity contribution in [2.24, 2.45) is 0 Å². The zero-order valence-electron chi connectivity index (χ0n) is 23.0. The molecule has 0 saturated carbocycles. The molecule has 0 heterocycles. The quantitative estimate of drug-likeness (QED) is 0.216. The molecule has 0 radical (unpaired) electrons. The fourth-order valence-electron chi connectivity index (χ4n) is 4.55. The lowest BCUT2D eigenvalue weighted by molar-refractivity contribution is 0.0936. The van der Waals surface area contributed by atoms with Crippen LogP contribution in [0.1, 0.15) is 52.0 Å². The van der Waals surface area contributed by atoms with Crippen LogP contribution < -0.4 is 14.4 Å². The number of aryl methyl sites for hydroxylation is 2. The average molecular weight is 577 g/mol. The largest absolute Gasteiger partial charge is 0.496 e. The summed E-state index contributed by atoms with van der Waals surface area (Å²) in [5.41, 5.74) is 4.13. The number of ether oxygens (including phenoxy) is 1. The summed E-state index contributed by atoms with van der Waals surface area (Å²) in [6.07, 6.45) is 0.649. The van der Waals surface area contributed by atoms with Gasteiger partial charge in [-0.15, -0.1) is 0 Å². The van der Waals surface area contributed by atoms with Crippen LogP contribution in [0.3, 0.4) is 0 Å². The number of hydrogen-bond acceptors (Lipinski definition) is 4. The average Bonchev–Trinajstić information content (AvgIpc) is 2.95. The molecule has 0 fully saturated rings. The molecule has 0 unspecified atom stereocenters. The third kappa shape index (κ3) is 6.49. The van der Waals surface area contributed by atoms with Gasteiger partial charge in [-0.25, -0.2) is 8.42 Å². The van der Waals surface area contributed by atoms with E-state index in [4.69, 9.17) is 16.3 Å². The Balaban J connectivity index is 1.75. The van der Waals surface area contributed by atoms with Gasteiger partial charge in [0.2, 0.25) is 0 Å². The summed E-state index contributed by atoms with van der Waals surface area (Å²) >= 11 is 6.08. The van der Waals surface area contributed by atoms with E-state index in [0.717, 1.165) is 28.0 Å². The van der Waals surface area contributed by atoms with Gasteiger partial charge < -0.3 is 10.1 Å². The predicted octanol–water partition coefficient (Wildman–Crippen LogP) is 7.24. The van der Waals surface area contributed by atoms with Gasteiger partial charge >= 0.3 is 0 Å². The van der Waals surface area contributed by atoms with E-state index in [1.165, 1.54) is 4.31 Å². The number of halogens is 1. The maximum atomic E-state index is 14.0. The van der Waals surface area contributed by atoms with E-state index in [9.17, 15) is 13.2 Å². The highest BCUT2D eigenvalue weighted by molar-refractivity contribution is 7.92. The van der Waals surface area contributed by atoms with Gasteiger partial charge in [0.15, 0.2) is 0 Å². The van der Waals surface area contributed by atoms with Crippen LogP contribution in [-0.2, 0) is 16.6 Å². The molecule has 8 heteroatoms. The van der Waals surface area contributed by atoms with Gasteiger partial charge in [0.1, 0.15) is 5.75 Å². The van der Waals surface area contributed by atoms with Crippen LogP contribution >= 0.6 is 11.6 Å². The highest BCUT2D eigenvalue weighted by Crippen LogP contribution is 2.31. The van der Waals surface area contributed by atoms with Crippen molar-refractivity contribution >= 4 is 33.2 Å². The molecule has 1 amide bonds. The lowest BCUT2D eigenvalue weighted by Gasteiger charge is -2.27. The smallest absolute Gasteiger partial charge is 0.264 e. The van der Waals surface area contributed by atoms with Gasteiger partial charge in [0, 0.05) is 5.02 Å². The SMILES string of the molecule is CC[C@H](NC(=O)c1ccccc1N(Cc1ccc(Cl)cc1)S(=O)(=O)c1ccc(C)cc1)c1ccc(OC)c(C)c1. The van der Waals surface area contributed by atoms with Crippen molar-refractivity contribution in [3.05, 3.63) is 124 Å². The molecule has 4 rings (SSSR count). The predicted molar refractivity (Wildman–Crippen MR) is 161 cm³/mol. The van der Waals surface area contributed by atoms with Gasteiger partial charge in [-0.05, 0) is 79.4 Å². The van der Waals surface area contributed by atoms with Gasteiger partial charge in [-0.2, -0.15) is 0 Å². The number of nitrogens with one attached hydrogen (secondary N) is 1. The lowest BCUT2D eigenvalue weighted by atomic mass is 10.0. The third-order valence-electron chi connectivity index (χ3n) is 6.80. The second-order valence-corrected chi connectivity index (χ2v) is 11.9. The number of para-hydroxylation sites is 1. The molecule has 6 nitrogen and oxygen atoms in total. The van der Waals surface area contributed by atoms with Crippen molar-refractivity contribution in [1.29, 1.82) is 0 Å². The molecule has 0 spiro atoms. The highest BCUT2D eigenvalue weighted by Gasteiger charge is 2.29. The number of sulfonamides is 1. The van der Waals surface area contributed by atoms with E-state index >= 15 is 0 Å². The van der Waals surface area contributed by atoms with Gasteiger partial charge in [0.05, 0.1) is 35.8 Å². The van der Waals surface area contributed by atoms with Crippen molar-refractivity contribution in [3.8, 4) is 5.75 Å². The zero-order chi connectivity index (χ0) is 28.9. The first-order valence-electron chi connectivity index (χ1n) is 13.0. The van der Waals surface area contributed by atoms with Crippen LogP contribution in [0.5, 0.6) is 5.75 Å². The number of methoxy groups -OCH3 is 1. The summed E-state index contributed by atoms with van der Waals surface area (Å²) in [5.74, 6) is 0.408. The molecular weight excluding hydrogens is 544 g/mol. The summed E-state index contributed by atoms with van der Waals surface area (Å²) in [6, 6.07) is 26.0. The van der Waals surface area contributed by atoms with Crippen LogP contribution in [0.25, 0.3) is 0 Å². The maximum Gasteiger partial charge on any atom is 0.264 e. The third-order valence-corrected chi connectivity index (χ3v) is 8.83. The summed E-state index contributed by atoms with van der Waals surface area (Å²) in [6.45, 7) is 5.87. The Bertz CT molecular complexity index is 1590. The second kappa shape index (κ2) is 12.6. The van der Waals surface area contributed by atoms with Gasteiger partial charge in [-0.1, -0.05) is 72.6 Å².